The molecule has 2 aromatic carbocycles. The molecule has 0 radical (unpaired) electrons. The van der Waals surface area contributed by atoms with Crippen LogP contribution in [0.4, 0.5) is 0 Å². The Labute approximate surface area is 142 Å². The van der Waals surface area contributed by atoms with Crippen molar-refractivity contribution in [3.05, 3.63) is 53.7 Å². The fourth-order valence-corrected chi connectivity index (χ4v) is 2.14. The van der Waals surface area contributed by atoms with Gasteiger partial charge in [0.15, 0.2) is 6.10 Å². The smallest absolute Gasteiger partial charge is 0.344 e. The first kappa shape index (κ1) is 16.0. The van der Waals surface area contributed by atoms with Crippen molar-refractivity contribution in [3.63, 3.8) is 0 Å². The van der Waals surface area contributed by atoms with Crippen molar-refractivity contribution in [1.29, 1.82) is 0 Å². The molecule has 0 fully saturated rings. The summed E-state index contributed by atoms with van der Waals surface area (Å²) in [6, 6.07) is 11.8. The molecule has 1 heterocycles. The zero-order valence-corrected chi connectivity index (χ0v) is 13.4. The Kier molecular flexibility index (Phi) is 4.48. The fourth-order valence-electron chi connectivity index (χ4n) is 1.98. The molecule has 6 nitrogen and oxygen atoms in total. The SMILES string of the molecule is C[C@@H](Oc1ccc(Oc2cnc3ccc(Cl)cc3n2)cc1)C(=O)O. The summed E-state index contributed by atoms with van der Waals surface area (Å²) in [6.45, 7) is 1.46. The number of nitrogens with zero attached hydrogens (tertiary/aromatic N) is 2. The summed E-state index contributed by atoms with van der Waals surface area (Å²) < 4.78 is 10.9. The van der Waals surface area contributed by atoms with Crippen molar-refractivity contribution in [3.8, 4) is 17.4 Å². The highest BCUT2D eigenvalue weighted by Gasteiger charge is 2.12. The van der Waals surface area contributed by atoms with Crippen LogP contribution in [0.5, 0.6) is 17.4 Å². The molecular weight excluding hydrogens is 332 g/mol. The number of carboxylic acid groups (broad SMARTS) is 1. The van der Waals surface area contributed by atoms with Crippen molar-refractivity contribution in [1.82, 2.24) is 9.97 Å². The molecule has 0 unspecified atom stereocenters. The van der Waals surface area contributed by atoms with Crippen molar-refractivity contribution in [2.75, 3.05) is 0 Å². The van der Waals surface area contributed by atoms with Crippen LogP contribution >= 0.6 is 11.6 Å². The molecule has 0 amide bonds. The minimum Gasteiger partial charge on any atom is -0.479 e. The molecule has 1 aromatic heterocycles. The molecule has 3 aromatic rings. The van der Waals surface area contributed by atoms with Gasteiger partial charge in [-0.25, -0.2) is 14.8 Å². The van der Waals surface area contributed by atoms with Crippen LogP contribution in [-0.4, -0.2) is 27.1 Å². The van der Waals surface area contributed by atoms with E-state index in [1.54, 1.807) is 42.5 Å². The van der Waals surface area contributed by atoms with Crippen LogP contribution in [0.25, 0.3) is 11.0 Å². The topological polar surface area (TPSA) is 81.5 Å². The summed E-state index contributed by atoms with van der Waals surface area (Å²) in [5.41, 5.74) is 1.35. The van der Waals surface area contributed by atoms with Gasteiger partial charge < -0.3 is 14.6 Å². The van der Waals surface area contributed by atoms with Crippen molar-refractivity contribution in [2.45, 2.75) is 13.0 Å². The second-order valence-corrected chi connectivity index (χ2v) is 5.45. The number of aliphatic carboxylic acids is 1. The van der Waals surface area contributed by atoms with E-state index in [1.165, 1.54) is 13.1 Å². The predicted molar refractivity (Wildman–Crippen MR) is 88.8 cm³/mol. The van der Waals surface area contributed by atoms with Gasteiger partial charge in [0.2, 0.25) is 5.88 Å². The summed E-state index contributed by atoms with van der Waals surface area (Å²) in [6.07, 6.45) is 0.598. The van der Waals surface area contributed by atoms with Gasteiger partial charge in [-0.1, -0.05) is 11.6 Å². The first-order valence-electron chi connectivity index (χ1n) is 7.11. The van der Waals surface area contributed by atoms with Crippen LogP contribution in [0.3, 0.4) is 0 Å². The molecule has 0 saturated heterocycles. The van der Waals surface area contributed by atoms with Gasteiger partial charge in [0.05, 0.1) is 17.2 Å². The molecule has 0 bridgehead atoms. The van der Waals surface area contributed by atoms with Gasteiger partial charge >= 0.3 is 5.97 Å². The maximum atomic E-state index is 10.8. The van der Waals surface area contributed by atoms with Crippen molar-refractivity contribution in [2.24, 2.45) is 0 Å². The van der Waals surface area contributed by atoms with Crippen LogP contribution in [0.15, 0.2) is 48.7 Å². The second-order valence-electron chi connectivity index (χ2n) is 5.01. The molecule has 7 heteroatoms. The van der Waals surface area contributed by atoms with Crippen LogP contribution in [-0.2, 0) is 4.79 Å². The third kappa shape index (κ3) is 3.72. The normalized spacial score (nSPS) is 11.9. The van der Waals surface area contributed by atoms with Gasteiger partial charge in [-0.3, -0.25) is 0 Å². The van der Waals surface area contributed by atoms with E-state index in [2.05, 4.69) is 9.97 Å². The van der Waals surface area contributed by atoms with Crippen LogP contribution in [0.1, 0.15) is 6.92 Å². The molecule has 0 saturated carbocycles. The van der Waals surface area contributed by atoms with Crippen LogP contribution in [0.2, 0.25) is 5.02 Å². The van der Waals surface area contributed by atoms with Gasteiger partial charge in [-0.05, 0) is 49.4 Å². The van der Waals surface area contributed by atoms with E-state index < -0.39 is 12.1 Å². The van der Waals surface area contributed by atoms with E-state index in [0.29, 0.717) is 27.9 Å². The molecule has 122 valence electrons. The zero-order valence-electron chi connectivity index (χ0n) is 12.6. The zero-order chi connectivity index (χ0) is 17.1. The first-order valence-corrected chi connectivity index (χ1v) is 7.49. The van der Waals surface area contributed by atoms with E-state index in [-0.39, 0.29) is 0 Å². The number of carbonyl (C=O) groups is 1. The van der Waals surface area contributed by atoms with Crippen LogP contribution < -0.4 is 9.47 Å². The second kappa shape index (κ2) is 6.72. The van der Waals surface area contributed by atoms with Crippen molar-refractivity contribution >= 4 is 28.6 Å². The summed E-state index contributed by atoms with van der Waals surface area (Å²) in [7, 11) is 0. The number of carboxylic acids is 1. The lowest BCUT2D eigenvalue weighted by molar-refractivity contribution is -0.144. The minimum absolute atomic E-state index is 0.331. The standard InChI is InChI=1S/C17H13ClN2O4/c1-10(17(21)22)23-12-3-5-13(6-4-12)24-16-9-19-14-7-2-11(18)8-15(14)20-16/h2-10H,1H3,(H,21,22)/t10-/m1/s1. The highest BCUT2D eigenvalue weighted by molar-refractivity contribution is 6.31. The van der Waals surface area contributed by atoms with E-state index in [1.807, 2.05) is 0 Å². The number of rotatable bonds is 5. The van der Waals surface area contributed by atoms with Gasteiger partial charge in [0, 0.05) is 5.02 Å². The van der Waals surface area contributed by atoms with Gasteiger partial charge in [-0.15, -0.1) is 0 Å². The predicted octanol–water partition coefficient (Wildman–Crippen LogP) is 3.93. The summed E-state index contributed by atoms with van der Waals surface area (Å²) in [5.74, 6) is 0.271. The fraction of sp³-hybridized carbons (Fsp3) is 0.118. The molecule has 0 aliphatic heterocycles. The third-order valence-electron chi connectivity index (χ3n) is 3.19. The van der Waals surface area contributed by atoms with Crippen molar-refractivity contribution < 1.29 is 19.4 Å². The lowest BCUT2D eigenvalue weighted by Crippen LogP contribution is -2.22. The lowest BCUT2D eigenvalue weighted by atomic mass is 10.3. The Morgan fingerprint density at radius 1 is 1.12 bits per heavy atom. The lowest BCUT2D eigenvalue weighted by Gasteiger charge is -2.11. The quantitative estimate of drug-likeness (QED) is 0.755. The third-order valence-corrected chi connectivity index (χ3v) is 3.42. The maximum absolute atomic E-state index is 10.8. The van der Waals surface area contributed by atoms with Gasteiger partial charge in [0.25, 0.3) is 0 Å². The first-order chi connectivity index (χ1) is 11.5. The van der Waals surface area contributed by atoms with E-state index in [0.717, 1.165) is 5.52 Å². The minimum atomic E-state index is -1.03. The monoisotopic (exact) mass is 344 g/mol. The van der Waals surface area contributed by atoms with E-state index >= 15 is 0 Å². The number of halogens is 1. The Morgan fingerprint density at radius 3 is 2.54 bits per heavy atom. The summed E-state index contributed by atoms with van der Waals surface area (Å²) in [4.78, 5) is 19.4. The van der Waals surface area contributed by atoms with E-state index in [9.17, 15) is 4.79 Å². The van der Waals surface area contributed by atoms with Gasteiger partial charge in [0.1, 0.15) is 11.5 Å². The molecule has 3 rings (SSSR count). The summed E-state index contributed by atoms with van der Waals surface area (Å²) >= 11 is 5.95. The number of fused-ring (bicyclic) bond motifs is 1. The Morgan fingerprint density at radius 2 is 1.83 bits per heavy atom. The molecule has 1 N–H and O–H groups in total. The number of hydrogen-bond acceptors (Lipinski definition) is 5. The average molecular weight is 345 g/mol. The molecule has 24 heavy (non-hydrogen) atoms. The Bertz CT molecular complexity index is 883. The molecule has 0 spiro atoms. The molecular formula is C17H13ClN2O4. The van der Waals surface area contributed by atoms with E-state index in [4.69, 9.17) is 26.2 Å². The number of aromatic nitrogens is 2. The molecule has 1 atom stereocenters. The van der Waals surface area contributed by atoms with Gasteiger partial charge in [-0.2, -0.15) is 0 Å². The number of hydrogen-bond donors (Lipinski definition) is 1. The highest BCUT2D eigenvalue weighted by Crippen LogP contribution is 2.24. The largest absolute Gasteiger partial charge is 0.479 e. The highest BCUT2D eigenvalue weighted by atomic mass is 35.5. The number of ether oxygens (including phenoxy) is 2. The Balaban J connectivity index is 1.75. The maximum Gasteiger partial charge on any atom is 0.344 e. The Hall–Kier alpha value is -2.86. The summed E-state index contributed by atoms with van der Waals surface area (Å²) in [5, 5.41) is 9.40. The average Bonchev–Trinajstić information content (AvgIpc) is 2.56. The van der Waals surface area contributed by atoms with Crippen LogP contribution in [0, 0.1) is 0 Å². The number of benzene rings is 2. The molecule has 0 aliphatic rings. The molecule has 0 aliphatic carbocycles.